The van der Waals surface area contributed by atoms with Gasteiger partial charge in [-0.2, -0.15) is 0 Å². The number of hydrogen-bond acceptors (Lipinski definition) is 4. The molecule has 0 aromatic carbocycles. The molecule has 0 spiro atoms. The fourth-order valence-electron chi connectivity index (χ4n) is 1.74. The lowest BCUT2D eigenvalue weighted by Crippen LogP contribution is -2.49. The first kappa shape index (κ1) is 13.4. The number of carbonyl (C=O) groups excluding carboxylic acids is 1. The fourth-order valence-corrected chi connectivity index (χ4v) is 2.33. The predicted octanol–water partition coefficient (Wildman–Crippen LogP) is -0.415. The minimum Gasteiger partial charge on any atom is -0.340 e. The van der Waals surface area contributed by atoms with Crippen molar-refractivity contribution in [1.29, 1.82) is 0 Å². The Bertz CT molecular complexity index is 332. The summed E-state index contributed by atoms with van der Waals surface area (Å²) in [5.74, 6) is 0.386. The lowest BCUT2D eigenvalue weighted by molar-refractivity contribution is -0.132. The molecule has 0 atom stereocenters. The normalized spacial score (nSPS) is 18.8. The van der Waals surface area contributed by atoms with E-state index in [1.165, 1.54) is 6.26 Å². The Kier molecular flexibility index (Phi) is 4.73. The molecule has 0 aliphatic carbocycles. The van der Waals surface area contributed by atoms with Crippen molar-refractivity contribution in [1.82, 2.24) is 9.80 Å². The van der Waals surface area contributed by atoms with Crippen LogP contribution < -0.4 is 0 Å². The molecule has 94 valence electrons. The summed E-state index contributed by atoms with van der Waals surface area (Å²) in [6.07, 6.45) is 1.80. The molecule has 0 saturated carbocycles. The van der Waals surface area contributed by atoms with Gasteiger partial charge in [0.25, 0.3) is 0 Å². The maximum Gasteiger partial charge on any atom is 0.222 e. The zero-order valence-electron chi connectivity index (χ0n) is 9.98. The van der Waals surface area contributed by atoms with Gasteiger partial charge in [-0.15, -0.1) is 0 Å². The van der Waals surface area contributed by atoms with Crippen LogP contribution in [0.1, 0.15) is 13.3 Å². The van der Waals surface area contributed by atoms with Crippen molar-refractivity contribution in [3.8, 4) is 0 Å². The van der Waals surface area contributed by atoms with E-state index in [2.05, 4.69) is 4.90 Å². The van der Waals surface area contributed by atoms with Gasteiger partial charge in [-0.05, 0) is 0 Å². The van der Waals surface area contributed by atoms with Crippen LogP contribution in [0.15, 0.2) is 0 Å². The third-order valence-electron chi connectivity index (χ3n) is 2.81. The van der Waals surface area contributed by atoms with Gasteiger partial charge in [-0.3, -0.25) is 9.69 Å². The van der Waals surface area contributed by atoms with Crippen molar-refractivity contribution in [3.05, 3.63) is 0 Å². The largest absolute Gasteiger partial charge is 0.340 e. The van der Waals surface area contributed by atoms with Crippen LogP contribution in [0.25, 0.3) is 0 Å². The highest BCUT2D eigenvalue weighted by Crippen LogP contribution is 2.03. The maximum absolute atomic E-state index is 11.4. The van der Waals surface area contributed by atoms with E-state index in [4.69, 9.17) is 0 Å². The second-order valence-corrected chi connectivity index (χ2v) is 6.47. The van der Waals surface area contributed by atoms with Crippen molar-refractivity contribution in [2.24, 2.45) is 0 Å². The average molecular weight is 248 g/mol. The summed E-state index contributed by atoms with van der Waals surface area (Å²) < 4.78 is 22.0. The number of sulfone groups is 1. The molecule has 6 heteroatoms. The Labute approximate surface area is 97.3 Å². The molecule has 5 nitrogen and oxygen atoms in total. The van der Waals surface area contributed by atoms with Crippen LogP contribution in [-0.4, -0.2) is 68.9 Å². The summed E-state index contributed by atoms with van der Waals surface area (Å²) in [7, 11) is -2.88. The third-order valence-corrected chi connectivity index (χ3v) is 3.73. The van der Waals surface area contributed by atoms with Crippen LogP contribution in [0.4, 0.5) is 0 Å². The van der Waals surface area contributed by atoms with E-state index in [9.17, 15) is 13.2 Å². The summed E-state index contributed by atoms with van der Waals surface area (Å²) in [4.78, 5) is 15.3. The van der Waals surface area contributed by atoms with Crippen LogP contribution in [0.5, 0.6) is 0 Å². The molecule has 0 N–H and O–H groups in total. The van der Waals surface area contributed by atoms with E-state index in [0.717, 1.165) is 26.2 Å². The van der Waals surface area contributed by atoms with Gasteiger partial charge in [0.15, 0.2) is 0 Å². The summed E-state index contributed by atoms with van der Waals surface area (Å²) in [5, 5.41) is 0. The molecule has 1 aliphatic rings. The highest BCUT2D eigenvalue weighted by molar-refractivity contribution is 7.90. The van der Waals surface area contributed by atoms with Gasteiger partial charge in [-0.25, -0.2) is 8.42 Å². The first-order chi connectivity index (χ1) is 7.42. The summed E-state index contributed by atoms with van der Waals surface area (Å²) in [6, 6.07) is 0. The van der Waals surface area contributed by atoms with Crippen LogP contribution >= 0.6 is 0 Å². The molecule has 0 unspecified atom stereocenters. The van der Waals surface area contributed by atoms with E-state index in [1.54, 1.807) is 0 Å². The smallest absolute Gasteiger partial charge is 0.222 e. The number of hydrogen-bond donors (Lipinski definition) is 0. The highest BCUT2D eigenvalue weighted by Gasteiger charge is 2.20. The standard InChI is InChI=1S/C10H20N2O3S/c1-3-10(13)12-6-4-11(5-7-12)8-9-16(2,14)15/h3-9H2,1-2H3. The maximum atomic E-state index is 11.4. The van der Waals surface area contributed by atoms with E-state index in [0.29, 0.717) is 13.0 Å². The predicted molar refractivity (Wildman–Crippen MR) is 63.0 cm³/mol. The van der Waals surface area contributed by atoms with E-state index in [-0.39, 0.29) is 11.7 Å². The van der Waals surface area contributed by atoms with Crippen molar-refractivity contribution < 1.29 is 13.2 Å². The monoisotopic (exact) mass is 248 g/mol. The minimum absolute atomic E-state index is 0.183. The summed E-state index contributed by atoms with van der Waals surface area (Å²) in [5.41, 5.74) is 0. The first-order valence-electron chi connectivity index (χ1n) is 5.60. The molecule has 1 rings (SSSR count). The Morgan fingerprint density at radius 1 is 1.19 bits per heavy atom. The molecule has 0 aromatic heterocycles. The molecular formula is C10H20N2O3S. The van der Waals surface area contributed by atoms with Gasteiger partial charge in [0.1, 0.15) is 9.84 Å². The summed E-state index contributed by atoms with van der Waals surface area (Å²) >= 11 is 0. The van der Waals surface area contributed by atoms with Crippen molar-refractivity contribution in [2.75, 3.05) is 44.7 Å². The Morgan fingerprint density at radius 2 is 1.75 bits per heavy atom. The van der Waals surface area contributed by atoms with E-state index < -0.39 is 9.84 Å². The topological polar surface area (TPSA) is 57.7 Å². The van der Waals surface area contributed by atoms with Crippen LogP contribution in [-0.2, 0) is 14.6 Å². The van der Waals surface area contributed by atoms with Crippen molar-refractivity contribution in [3.63, 3.8) is 0 Å². The van der Waals surface area contributed by atoms with Gasteiger partial charge >= 0.3 is 0 Å². The molecule has 1 fully saturated rings. The minimum atomic E-state index is -2.88. The molecular weight excluding hydrogens is 228 g/mol. The van der Waals surface area contributed by atoms with Crippen molar-refractivity contribution >= 4 is 15.7 Å². The third kappa shape index (κ3) is 4.49. The zero-order valence-corrected chi connectivity index (χ0v) is 10.8. The molecule has 16 heavy (non-hydrogen) atoms. The van der Waals surface area contributed by atoms with Gasteiger partial charge < -0.3 is 4.90 Å². The Morgan fingerprint density at radius 3 is 2.19 bits per heavy atom. The van der Waals surface area contributed by atoms with Gasteiger partial charge in [0, 0.05) is 45.4 Å². The molecule has 0 aromatic rings. The molecule has 1 heterocycles. The van der Waals surface area contributed by atoms with Crippen LogP contribution in [0.3, 0.4) is 0 Å². The second-order valence-electron chi connectivity index (χ2n) is 4.21. The SMILES string of the molecule is CCC(=O)N1CCN(CCS(C)(=O)=O)CC1. The van der Waals surface area contributed by atoms with Crippen LogP contribution in [0, 0.1) is 0 Å². The molecule has 1 aliphatic heterocycles. The number of nitrogens with zero attached hydrogens (tertiary/aromatic N) is 2. The first-order valence-corrected chi connectivity index (χ1v) is 7.66. The summed E-state index contributed by atoms with van der Waals surface area (Å²) in [6.45, 7) is 5.43. The van der Waals surface area contributed by atoms with Gasteiger partial charge in [0.2, 0.25) is 5.91 Å². The van der Waals surface area contributed by atoms with Gasteiger partial charge in [0.05, 0.1) is 5.75 Å². The number of rotatable bonds is 4. The highest BCUT2D eigenvalue weighted by atomic mass is 32.2. The fraction of sp³-hybridized carbons (Fsp3) is 0.900. The number of amides is 1. The Balaban J connectivity index is 2.30. The number of carbonyl (C=O) groups is 1. The molecule has 1 amide bonds. The number of piperazine rings is 1. The molecule has 0 bridgehead atoms. The van der Waals surface area contributed by atoms with E-state index in [1.807, 2.05) is 11.8 Å². The molecule has 1 saturated heterocycles. The molecule has 0 radical (unpaired) electrons. The zero-order chi connectivity index (χ0) is 12.2. The quantitative estimate of drug-likeness (QED) is 0.678. The Hall–Kier alpha value is -0.620. The van der Waals surface area contributed by atoms with Crippen molar-refractivity contribution in [2.45, 2.75) is 13.3 Å². The van der Waals surface area contributed by atoms with Gasteiger partial charge in [-0.1, -0.05) is 6.92 Å². The van der Waals surface area contributed by atoms with E-state index >= 15 is 0 Å². The second kappa shape index (κ2) is 5.63. The van der Waals surface area contributed by atoms with Crippen LogP contribution in [0.2, 0.25) is 0 Å². The lowest BCUT2D eigenvalue weighted by atomic mass is 10.3. The average Bonchev–Trinajstić information content (AvgIpc) is 2.25. The lowest BCUT2D eigenvalue weighted by Gasteiger charge is -2.34.